The number of hydrogen-bond acceptors (Lipinski definition) is 5. The molecule has 1 N–H and O–H groups in total. The van der Waals surface area contributed by atoms with E-state index >= 15 is 0 Å². The van der Waals surface area contributed by atoms with Crippen molar-refractivity contribution in [3.05, 3.63) is 48.0 Å². The fraction of sp³-hybridized carbons (Fsp3) is 0.667. The molecule has 0 saturated heterocycles. The van der Waals surface area contributed by atoms with Gasteiger partial charge in [-0.1, -0.05) is 84.9 Å². The number of ether oxygens (including phenoxy) is 2. The van der Waals surface area contributed by atoms with Crippen LogP contribution in [0.15, 0.2) is 42.5 Å². The zero-order chi connectivity index (χ0) is 25.0. The summed E-state index contributed by atoms with van der Waals surface area (Å²) in [5, 5.41) is 11.0. The maximum absolute atomic E-state index is 11.8. The van der Waals surface area contributed by atoms with E-state index in [2.05, 4.69) is 41.5 Å². The molecule has 0 aliphatic rings. The van der Waals surface area contributed by atoms with Gasteiger partial charge in [0, 0.05) is 12.0 Å². The van der Waals surface area contributed by atoms with Crippen molar-refractivity contribution in [3.8, 4) is 0 Å². The summed E-state index contributed by atoms with van der Waals surface area (Å²) in [6.07, 6.45) is 2.93. The Hall–Kier alpha value is -1.47. The monoisotopic (exact) mass is 478 g/mol. The van der Waals surface area contributed by atoms with E-state index in [9.17, 15) is 9.90 Å². The zero-order valence-corrected chi connectivity index (χ0v) is 22.9. The van der Waals surface area contributed by atoms with Gasteiger partial charge in [0.05, 0.1) is 32.0 Å². The van der Waals surface area contributed by atoms with Gasteiger partial charge in [-0.05, 0) is 35.5 Å². The number of aliphatic hydroxyl groups is 1. The Kier molecular flexibility index (Phi) is 13.2. The third-order valence-corrected chi connectivity index (χ3v) is 12.7. The van der Waals surface area contributed by atoms with E-state index in [-0.39, 0.29) is 24.6 Å². The number of hydrogen-bond donors (Lipinski definition) is 1. The molecule has 0 aliphatic carbocycles. The highest BCUT2D eigenvalue weighted by atomic mass is 28.4. The molecule has 0 saturated carbocycles. The molecule has 0 radical (unpaired) electrons. The lowest BCUT2D eigenvalue weighted by molar-refractivity contribution is -0.137. The second-order valence-electron chi connectivity index (χ2n) is 9.79. The molecule has 0 aromatic heterocycles. The number of esters is 1. The van der Waals surface area contributed by atoms with Gasteiger partial charge in [0.25, 0.3) is 0 Å². The molecule has 0 aliphatic heterocycles. The standard InChI is InChI=1S/C27H46O5Si/c1-9-31-27(29)17-13-16-26(32-33(20(2)3,21(4)5)22(6)7)23(8)25(28)19-30-18-24-14-11-10-12-15-24/h10-15,17,20-23,25-26,28H,9,16,18-19H2,1-8H3/b17-13+/t23-,25+,26-/m1/s1. The van der Waals surface area contributed by atoms with E-state index in [1.807, 2.05) is 43.3 Å². The lowest BCUT2D eigenvalue weighted by Gasteiger charge is -2.46. The molecule has 1 aromatic rings. The molecule has 188 valence electrons. The van der Waals surface area contributed by atoms with Crippen LogP contribution in [0.4, 0.5) is 0 Å². The molecule has 0 heterocycles. The summed E-state index contributed by atoms with van der Waals surface area (Å²) in [4.78, 5) is 11.8. The van der Waals surface area contributed by atoms with Crippen molar-refractivity contribution in [2.75, 3.05) is 13.2 Å². The average Bonchev–Trinajstić information content (AvgIpc) is 2.75. The van der Waals surface area contributed by atoms with Crippen LogP contribution in [-0.4, -0.2) is 44.8 Å². The number of carbonyl (C=O) groups excluding carboxylic acids is 1. The molecule has 1 aromatic carbocycles. The summed E-state index contributed by atoms with van der Waals surface area (Å²) in [5.41, 5.74) is 2.35. The third kappa shape index (κ3) is 9.00. The van der Waals surface area contributed by atoms with E-state index in [0.717, 1.165) is 5.56 Å². The summed E-state index contributed by atoms with van der Waals surface area (Å²) < 4.78 is 17.9. The van der Waals surface area contributed by atoms with Gasteiger partial charge in [0.2, 0.25) is 8.32 Å². The second-order valence-corrected chi connectivity index (χ2v) is 15.2. The van der Waals surface area contributed by atoms with Crippen molar-refractivity contribution in [2.24, 2.45) is 5.92 Å². The lowest BCUT2D eigenvalue weighted by atomic mass is 9.96. The zero-order valence-electron chi connectivity index (χ0n) is 21.9. The Morgan fingerprint density at radius 3 is 2.09 bits per heavy atom. The predicted molar refractivity (Wildman–Crippen MR) is 138 cm³/mol. The van der Waals surface area contributed by atoms with Crippen LogP contribution in [0.3, 0.4) is 0 Å². The molecule has 3 atom stereocenters. The normalized spacial score (nSPS) is 15.4. The average molecular weight is 479 g/mol. The van der Waals surface area contributed by atoms with Gasteiger partial charge < -0.3 is 19.0 Å². The first-order chi connectivity index (χ1) is 15.6. The van der Waals surface area contributed by atoms with E-state index in [1.165, 1.54) is 6.08 Å². The number of aliphatic hydroxyl groups excluding tert-OH is 1. The maximum atomic E-state index is 11.8. The van der Waals surface area contributed by atoms with Gasteiger partial charge in [-0.15, -0.1) is 0 Å². The molecule has 33 heavy (non-hydrogen) atoms. The Balaban J connectivity index is 2.99. The molecule has 0 spiro atoms. The van der Waals surface area contributed by atoms with Crippen molar-refractivity contribution in [3.63, 3.8) is 0 Å². The number of rotatable bonds is 15. The molecule has 1 rings (SSSR count). The Bertz CT molecular complexity index is 680. The van der Waals surface area contributed by atoms with Crippen LogP contribution in [0.2, 0.25) is 16.6 Å². The molecular weight excluding hydrogens is 432 g/mol. The van der Waals surface area contributed by atoms with Gasteiger partial charge in [-0.25, -0.2) is 4.79 Å². The first kappa shape index (κ1) is 29.6. The topological polar surface area (TPSA) is 65.0 Å². The minimum atomic E-state index is -2.18. The highest BCUT2D eigenvalue weighted by Gasteiger charge is 2.47. The lowest BCUT2D eigenvalue weighted by Crippen LogP contribution is -2.52. The summed E-state index contributed by atoms with van der Waals surface area (Å²) in [5.74, 6) is -0.508. The van der Waals surface area contributed by atoms with E-state index in [4.69, 9.17) is 13.9 Å². The van der Waals surface area contributed by atoms with Crippen LogP contribution in [0.5, 0.6) is 0 Å². The minimum Gasteiger partial charge on any atom is -0.463 e. The van der Waals surface area contributed by atoms with Gasteiger partial charge >= 0.3 is 5.97 Å². The van der Waals surface area contributed by atoms with Crippen molar-refractivity contribution < 1.29 is 23.8 Å². The molecular formula is C27H46O5Si. The van der Waals surface area contributed by atoms with Gasteiger partial charge in [0.15, 0.2) is 0 Å². The van der Waals surface area contributed by atoms with E-state index < -0.39 is 14.4 Å². The first-order valence-corrected chi connectivity index (χ1v) is 14.5. The van der Waals surface area contributed by atoms with Crippen LogP contribution >= 0.6 is 0 Å². The van der Waals surface area contributed by atoms with Gasteiger partial charge in [0.1, 0.15) is 0 Å². The SMILES string of the molecule is CCOC(=O)/C=C/C[C@@H](O[Si](C(C)C)(C(C)C)C(C)C)[C@H](C)[C@@H](O)COCc1ccccc1. The van der Waals surface area contributed by atoms with Crippen LogP contribution in [0.1, 0.15) is 67.4 Å². The molecule has 0 bridgehead atoms. The summed E-state index contributed by atoms with van der Waals surface area (Å²) in [6.45, 7) is 18.4. The molecule has 0 amide bonds. The van der Waals surface area contributed by atoms with Gasteiger partial charge in [-0.3, -0.25) is 0 Å². The largest absolute Gasteiger partial charge is 0.463 e. The fourth-order valence-corrected chi connectivity index (χ4v) is 10.5. The van der Waals surface area contributed by atoms with Gasteiger partial charge in [-0.2, -0.15) is 0 Å². The first-order valence-electron chi connectivity index (χ1n) is 12.4. The van der Waals surface area contributed by atoms with Crippen molar-refractivity contribution >= 4 is 14.3 Å². The molecule has 0 fully saturated rings. The smallest absolute Gasteiger partial charge is 0.330 e. The fourth-order valence-electron chi connectivity index (χ4n) is 4.80. The maximum Gasteiger partial charge on any atom is 0.330 e. The van der Waals surface area contributed by atoms with Crippen LogP contribution < -0.4 is 0 Å². The van der Waals surface area contributed by atoms with Crippen molar-refractivity contribution in [1.29, 1.82) is 0 Å². The highest BCUT2D eigenvalue weighted by Crippen LogP contribution is 2.44. The summed E-state index contributed by atoms with van der Waals surface area (Å²) in [6, 6.07) is 9.95. The highest BCUT2D eigenvalue weighted by molar-refractivity contribution is 6.77. The predicted octanol–water partition coefficient (Wildman–Crippen LogP) is 6.27. The molecule has 5 nitrogen and oxygen atoms in total. The van der Waals surface area contributed by atoms with Crippen molar-refractivity contribution in [1.82, 2.24) is 0 Å². The Morgan fingerprint density at radius 1 is 1.00 bits per heavy atom. The minimum absolute atomic E-state index is 0.157. The van der Waals surface area contributed by atoms with E-state index in [0.29, 0.717) is 36.3 Å². The third-order valence-electron chi connectivity index (χ3n) is 6.57. The number of carbonyl (C=O) groups is 1. The van der Waals surface area contributed by atoms with Crippen LogP contribution in [0.25, 0.3) is 0 Å². The van der Waals surface area contributed by atoms with E-state index in [1.54, 1.807) is 6.92 Å². The number of benzene rings is 1. The molecule has 0 unspecified atom stereocenters. The second kappa shape index (κ2) is 14.7. The summed E-state index contributed by atoms with van der Waals surface area (Å²) in [7, 11) is -2.18. The Morgan fingerprint density at radius 2 is 1.58 bits per heavy atom. The quantitative estimate of drug-likeness (QED) is 0.183. The van der Waals surface area contributed by atoms with Crippen LogP contribution in [-0.2, 0) is 25.3 Å². The molecule has 6 heteroatoms. The van der Waals surface area contributed by atoms with Crippen LogP contribution in [0, 0.1) is 5.92 Å². The Labute approximate surface area is 202 Å². The summed E-state index contributed by atoms with van der Waals surface area (Å²) >= 11 is 0. The van der Waals surface area contributed by atoms with Crippen molar-refractivity contribution in [2.45, 2.75) is 97.2 Å².